The highest BCUT2D eigenvalue weighted by Gasteiger charge is 2.20. The molecule has 122 valence electrons. The molecule has 6 heteroatoms. The van der Waals surface area contributed by atoms with E-state index in [1.807, 2.05) is 30.3 Å². The number of ether oxygens (including phenoxy) is 2. The number of hydrogen-bond acceptors (Lipinski definition) is 4. The molecule has 2 aromatic carbocycles. The predicted octanol–water partition coefficient (Wildman–Crippen LogP) is 4.91. The van der Waals surface area contributed by atoms with Gasteiger partial charge in [-0.25, -0.2) is 9.78 Å². The van der Waals surface area contributed by atoms with Crippen LogP contribution in [0.15, 0.2) is 48.7 Å². The van der Waals surface area contributed by atoms with E-state index >= 15 is 0 Å². The van der Waals surface area contributed by atoms with E-state index in [4.69, 9.17) is 32.7 Å². The molecule has 0 saturated heterocycles. The lowest BCUT2D eigenvalue weighted by atomic mass is 10.1. The number of rotatable bonds is 4. The first-order valence-corrected chi connectivity index (χ1v) is 7.89. The Morgan fingerprint density at radius 3 is 2.54 bits per heavy atom. The summed E-state index contributed by atoms with van der Waals surface area (Å²) >= 11 is 12.3. The van der Waals surface area contributed by atoms with Crippen molar-refractivity contribution in [2.24, 2.45) is 0 Å². The van der Waals surface area contributed by atoms with Gasteiger partial charge in [-0.1, -0.05) is 53.5 Å². The molecule has 4 nitrogen and oxygen atoms in total. The highest BCUT2D eigenvalue weighted by molar-refractivity contribution is 6.45. The molecule has 3 rings (SSSR count). The largest absolute Gasteiger partial charge is 0.486 e. The molecule has 0 unspecified atom stereocenters. The van der Waals surface area contributed by atoms with Gasteiger partial charge in [-0.05, 0) is 17.7 Å². The number of hydrogen-bond donors (Lipinski definition) is 0. The van der Waals surface area contributed by atoms with Crippen molar-refractivity contribution in [1.82, 2.24) is 4.98 Å². The summed E-state index contributed by atoms with van der Waals surface area (Å²) in [5.74, 6) is -0.257. The Kier molecular flexibility index (Phi) is 4.88. The summed E-state index contributed by atoms with van der Waals surface area (Å²) in [5.41, 5.74) is 1.06. The average Bonchev–Trinajstić information content (AvgIpc) is 2.62. The molecule has 24 heavy (non-hydrogen) atoms. The predicted molar refractivity (Wildman–Crippen MR) is 93.9 cm³/mol. The van der Waals surface area contributed by atoms with E-state index in [0.29, 0.717) is 26.6 Å². The van der Waals surface area contributed by atoms with Gasteiger partial charge in [0.15, 0.2) is 11.4 Å². The number of aromatic nitrogens is 1. The van der Waals surface area contributed by atoms with Crippen LogP contribution in [0.5, 0.6) is 5.75 Å². The van der Waals surface area contributed by atoms with Gasteiger partial charge in [0.2, 0.25) is 0 Å². The molecule has 0 aliphatic carbocycles. The molecular formula is C18H13Cl2NO3. The summed E-state index contributed by atoms with van der Waals surface area (Å²) in [4.78, 5) is 16.2. The standard InChI is InChI=1S/C18H13Cl2NO3/c1-23-18(22)16-17(24-10-11-5-3-2-4-6-11)12-7-8-14(19)15(20)13(12)9-21-16/h2-9H,10H2,1H3. The highest BCUT2D eigenvalue weighted by atomic mass is 35.5. The Labute approximate surface area is 148 Å². The Hall–Kier alpha value is -2.30. The summed E-state index contributed by atoms with van der Waals surface area (Å²) in [6, 6.07) is 13.0. The van der Waals surface area contributed by atoms with E-state index in [1.54, 1.807) is 12.1 Å². The topological polar surface area (TPSA) is 48.4 Å². The van der Waals surface area contributed by atoms with Gasteiger partial charge in [0.25, 0.3) is 0 Å². The second-order valence-electron chi connectivity index (χ2n) is 5.02. The maximum atomic E-state index is 12.0. The number of halogens is 2. The van der Waals surface area contributed by atoms with E-state index in [9.17, 15) is 4.79 Å². The minimum atomic E-state index is -0.578. The van der Waals surface area contributed by atoms with Crippen molar-refractivity contribution in [1.29, 1.82) is 0 Å². The van der Waals surface area contributed by atoms with Gasteiger partial charge in [-0.2, -0.15) is 0 Å². The number of esters is 1. The summed E-state index contributed by atoms with van der Waals surface area (Å²) < 4.78 is 10.7. The molecule has 0 atom stereocenters. The van der Waals surface area contributed by atoms with Crippen molar-refractivity contribution in [3.63, 3.8) is 0 Å². The third-order valence-corrected chi connectivity index (χ3v) is 4.34. The van der Waals surface area contributed by atoms with Gasteiger partial charge in [-0.15, -0.1) is 0 Å². The maximum absolute atomic E-state index is 12.0. The zero-order valence-electron chi connectivity index (χ0n) is 12.8. The van der Waals surface area contributed by atoms with Crippen LogP contribution in [0.3, 0.4) is 0 Å². The summed E-state index contributed by atoms with van der Waals surface area (Å²) in [5, 5.41) is 2.03. The van der Waals surface area contributed by atoms with Crippen molar-refractivity contribution in [2.45, 2.75) is 6.61 Å². The second kappa shape index (κ2) is 7.07. The average molecular weight is 362 g/mol. The fourth-order valence-electron chi connectivity index (χ4n) is 2.32. The van der Waals surface area contributed by atoms with Gasteiger partial charge in [0.05, 0.1) is 17.2 Å². The lowest BCUT2D eigenvalue weighted by Gasteiger charge is -2.13. The third-order valence-electron chi connectivity index (χ3n) is 3.52. The number of nitrogens with zero attached hydrogens (tertiary/aromatic N) is 1. The van der Waals surface area contributed by atoms with Gasteiger partial charge < -0.3 is 9.47 Å². The van der Waals surface area contributed by atoms with E-state index in [1.165, 1.54) is 13.3 Å². The Balaban J connectivity index is 2.10. The first kappa shape index (κ1) is 16.6. The maximum Gasteiger partial charge on any atom is 0.360 e. The quantitative estimate of drug-likeness (QED) is 0.619. The summed E-state index contributed by atoms with van der Waals surface area (Å²) in [6.07, 6.45) is 1.49. The van der Waals surface area contributed by atoms with E-state index in [0.717, 1.165) is 5.56 Å². The van der Waals surface area contributed by atoms with Crippen molar-refractivity contribution in [3.05, 3.63) is 70.0 Å². The van der Waals surface area contributed by atoms with E-state index < -0.39 is 5.97 Å². The van der Waals surface area contributed by atoms with E-state index in [2.05, 4.69) is 4.98 Å². The van der Waals surface area contributed by atoms with Crippen LogP contribution in [0.4, 0.5) is 0 Å². The number of fused-ring (bicyclic) bond motifs is 1. The number of pyridine rings is 1. The number of methoxy groups -OCH3 is 1. The molecule has 0 aliphatic heterocycles. The first-order valence-electron chi connectivity index (χ1n) is 7.13. The molecule has 0 amide bonds. The van der Waals surface area contributed by atoms with Crippen molar-refractivity contribution < 1.29 is 14.3 Å². The summed E-state index contributed by atoms with van der Waals surface area (Å²) in [7, 11) is 1.30. The number of benzene rings is 2. The Morgan fingerprint density at radius 1 is 1.08 bits per heavy atom. The van der Waals surface area contributed by atoms with Crippen LogP contribution in [0.25, 0.3) is 10.8 Å². The van der Waals surface area contributed by atoms with Crippen LogP contribution < -0.4 is 4.74 Å². The Morgan fingerprint density at radius 2 is 1.83 bits per heavy atom. The van der Waals surface area contributed by atoms with Gasteiger partial charge in [0, 0.05) is 17.0 Å². The second-order valence-corrected chi connectivity index (χ2v) is 5.81. The van der Waals surface area contributed by atoms with Crippen LogP contribution in [-0.4, -0.2) is 18.1 Å². The first-order chi connectivity index (χ1) is 11.6. The molecule has 1 aromatic heterocycles. The zero-order valence-corrected chi connectivity index (χ0v) is 14.3. The van der Waals surface area contributed by atoms with Gasteiger partial charge in [0.1, 0.15) is 6.61 Å². The van der Waals surface area contributed by atoms with Crippen molar-refractivity contribution in [2.75, 3.05) is 7.11 Å². The molecule has 0 saturated carbocycles. The van der Waals surface area contributed by atoms with Crippen LogP contribution >= 0.6 is 23.2 Å². The molecule has 1 heterocycles. The monoisotopic (exact) mass is 361 g/mol. The van der Waals surface area contributed by atoms with E-state index in [-0.39, 0.29) is 12.3 Å². The SMILES string of the molecule is COC(=O)c1ncc2c(Cl)c(Cl)ccc2c1OCc1ccccc1. The minimum Gasteiger partial charge on any atom is -0.486 e. The molecule has 3 aromatic rings. The lowest BCUT2D eigenvalue weighted by molar-refractivity contribution is 0.0589. The zero-order chi connectivity index (χ0) is 17.1. The number of carbonyl (C=O) groups is 1. The van der Waals surface area contributed by atoms with Crippen molar-refractivity contribution in [3.8, 4) is 5.75 Å². The van der Waals surface area contributed by atoms with Crippen LogP contribution in [0, 0.1) is 0 Å². The molecule has 0 spiro atoms. The minimum absolute atomic E-state index is 0.0966. The normalized spacial score (nSPS) is 10.6. The molecule has 0 N–H and O–H groups in total. The molecule has 0 bridgehead atoms. The lowest BCUT2D eigenvalue weighted by Crippen LogP contribution is -2.09. The summed E-state index contributed by atoms with van der Waals surface area (Å²) in [6.45, 7) is 0.284. The fraction of sp³-hybridized carbons (Fsp3) is 0.111. The highest BCUT2D eigenvalue weighted by Crippen LogP contribution is 2.36. The number of carbonyl (C=O) groups excluding carboxylic acids is 1. The van der Waals surface area contributed by atoms with Gasteiger partial charge >= 0.3 is 5.97 Å². The van der Waals surface area contributed by atoms with Gasteiger partial charge in [-0.3, -0.25) is 0 Å². The fourth-order valence-corrected chi connectivity index (χ4v) is 2.70. The molecule has 0 radical (unpaired) electrons. The van der Waals surface area contributed by atoms with Crippen molar-refractivity contribution >= 4 is 39.9 Å². The smallest absolute Gasteiger partial charge is 0.360 e. The van der Waals surface area contributed by atoms with Crippen LogP contribution in [0.1, 0.15) is 16.1 Å². The van der Waals surface area contributed by atoms with Crippen LogP contribution in [0.2, 0.25) is 10.0 Å². The van der Waals surface area contributed by atoms with Crippen LogP contribution in [-0.2, 0) is 11.3 Å². The molecular weight excluding hydrogens is 349 g/mol. The molecule has 0 fully saturated rings. The molecule has 0 aliphatic rings. The Bertz CT molecular complexity index is 898. The third kappa shape index (κ3) is 3.16.